The second kappa shape index (κ2) is 10.9. The van der Waals surface area contributed by atoms with Crippen LogP contribution in [0, 0.1) is 0 Å². The fourth-order valence-corrected chi connectivity index (χ4v) is 2.87. The molecule has 3 unspecified atom stereocenters. The number of carbonyl (C=O) groups excluding carboxylic acids is 4. The topological polar surface area (TPSA) is 222 Å². The lowest BCUT2D eigenvalue weighted by molar-refractivity contribution is -0.149. The van der Waals surface area contributed by atoms with E-state index in [1.807, 2.05) is 0 Å². The Morgan fingerprint density at radius 2 is 1.79 bits per heavy atom. The predicted molar refractivity (Wildman–Crippen MR) is 96.0 cm³/mol. The van der Waals surface area contributed by atoms with Crippen LogP contribution in [0.3, 0.4) is 0 Å². The summed E-state index contributed by atoms with van der Waals surface area (Å²) in [4.78, 5) is 70.4. The highest BCUT2D eigenvalue weighted by Gasteiger charge is 2.37. The third-order valence-corrected chi connectivity index (χ3v) is 4.28. The number of primary amides is 1. The second-order valence-electron chi connectivity index (χ2n) is 6.58. The van der Waals surface area contributed by atoms with E-state index in [9.17, 15) is 33.9 Å². The first-order valence-electron chi connectivity index (χ1n) is 8.89. The molecule has 8 N–H and O–H groups in total. The maximum atomic E-state index is 12.7. The van der Waals surface area contributed by atoms with Crippen LogP contribution in [0.5, 0.6) is 0 Å². The molecule has 162 valence electrons. The first-order valence-corrected chi connectivity index (χ1v) is 8.89. The largest absolute Gasteiger partial charge is 0.481 e. The summed E-state index contributed by atoms with van der Waals surface area (Å²) in [6, 6.07) is -3.56. The van der Waals surface area contributed by atoms with Gasteiger partial charge in [0, 0.05) is 13.0 Å². The molecule has 0 aromatic heterocycles. The number of nitrogens with two attached hydrogens (primary N) is 2. The van der Waals surface area contributed by atoms with Gasteiger partial charge < -0.3 is 37.2 Å². The number of likely N-dealkylation sites (tertiary alicyclic amines) is 1. The fraction of sp³-hybridized carbons (Fsp3) is 0.625. The minimum Gasteiger partial charge on any atom is -0.481 e. The summed E-state index contributed by atoms with van der Waals surface area (Å²) >= 11 is 0. The lowest BCUT2D eigenvalue weighted by Gasteiger charge is -2.27. The Morgan fingerprint density at radius 1 is 1.14 bits per heavy atom. The molecule has 4 amide bonds. The van der Waals surface area contributed by atoms with Crippen LogP contribution in [0.4, 0.5) is 0 Å². The van der Waals surface area contributed by atoms with Gasteiger partial charge in [0.05, 0.1) is 19.0 Å². The summed E-state index contributed by atoms with van der Waals surface area (Å²) < 4.78 is 0. The number of hydrogen-bond acceptors (Lipinski definition) is 7. The van der Waals surface area contributed by atoms with Crippen LogP contribution in [0.25, 0.3) is 0 Å². The van der Waals surface area contributed by atoms with Gasteiger partial charge in [0.1, 0.15) is 12.1 Å². The number of aliphatic carboxylic acids is 2. The summed E-state index contributed by atoms with van der Waals surface area (Å²) in [5, 5.41) is 22.5. The maximum absolute atomic E-state index is 12.7. The Bertz CT molecular complexity index is 682. The van der Waals surface area contributed by atoms with Gasteiger partial charge in [-0.25, -0.2) is 4.79 Å². The van der Waals surface area contributed by atoms with Gasteiger partial charge in [-0.2, -0.15) is 0 Å². The molecule has 0 saturated carbocycles. The van der Waals surface area contributed by atoms with Crippen molar-refractivity contribution in [3.63, 3.8) is 0 Å². The zero-order valence-corrected chi connectivity index (χ0v) is 15.6. The molecule has 0 bridgehead atoms. The molecular weight excluding hydrogens is 390 g/mol. The summed E-state index contributed by atoms with van der Waals surface area (Å²) in [6.45, 7) is -0.404. The number of hydrogen-bond donors (Lipinski definition) is 6. The molecule has 0 radical (unpaired) electrons. The van der Waals surface area contributed by atoms with Crippen LogP contribution in [-0.4, -0.2) is 81.9 Å². The Kier molecular flexibility index (Phi) is 8.99. The average Bonchev–Trinajstić information content (AvgIpc) is 3.11. The normalized spacial score (nSPS) is 17.8. The van der Waals surface area contributed by atoms with E-state index in [1.165, 1.54) is 0 Å². The minimum absolute atomic E-state index is 0.175. The minimum atomic E-state index is -1.27. The maximum Gasteiger partial charge on any atom is 0.326 e. The molecule has 29 heavy (non-hydrogen) atoms. The van der Waals surface area contributed by atoms with E-state index >= 15 is 0 Å². The zero-order chi connectivity index (χ0) is 22.1. The number of carboxylic acids is 2. The van der Waals surface area contributed by atoms with Crippen molar-refractivity contribution in [1.29, 1.82) is 0 Å². The molecule has 1 heterocycles. The van der Waals surface area contributed by atoms with E-state index in [0.29, 0.717) is 6.42 Å². The van der Waals surface area contributed by atoms with Gasteiger partial charge >= 0.3 is 11.9 Å². The van der Waals surface area contributed by atoms with Gasteiger partial charge in [-0.1, -0.05) is 0 Å². The van der Waals surface area contributed by atoms with Gasteiger partial charge in [0.15, 0.2) is 0 Å². The van der Waals surface area contributed by atoms with Crippen molar-refractivity contribution in [2.75, 3.05) is 13.1 Å². The van der Waals surface area contributed by atoms with Gasteiger partial charge in [-0.15, -0.1) is 0 Å². The van der Waals surface area contributed by atoms with Crippen LogP contribution in [-0.2, 0) is 28.8 Å². The molecule has 0 spiro atoms. The fourth-order valence-electron chi connectivity index (χ4n) is 2.87. The van der Waals surface area contributed by atoms with E-state index in [-0.39, 0.29) is 19.4 Å². The van der Waals surface area contributed by atoms with Crippen LogP contribution >= 0.6 is 0 Å². The molecule has 0 aromatic carbocycles. The van der Waals surface area contributed by atoms with Crippen molar-refractivity contribution < 1.29 is 39.0 Å². The molecule has 0 aliphatic carbocycles. The Labute approximate surface area is 165 Å². The van der Waals surface area contributed by atoms with Crippen LogP contribution < -0.4 is 22.1 Å². The number of amides is 4. The van der Waals surface area contributed by atoms with Crippen LogP contribution in [0.2, 0.25) is 0 Å². The molecule has 1 aliphatic rings. The number of carboxylic acid groups (broad SMARTS) is 2. The monoisotopic (exact) mass is 415 g/mol. The first-order chi connectivity index (χ1) is 13.5. The third kappa shape index (κ3) is 7.73. The van der Waals surface area contributed by atoms with Gasteiger partial charge in [0.25, 0.3) is 0 Å². The molecule has 1 fully saturated rings. The van der Waals surface area contributed by atoms with E-state index in [1.54, 1.807) is 0 Å². The van der Waals surface area contributed by atoms with Gasteiger partial charge in [-0.3, -0.25) is 24.0 Å². The lowest BCUT2D eigenvalue weighted by Crippen LogP contribution is -2.54. The number of carbonyl (C=O) groups is 6. The summed E-state index contributed by atoms with van der Waals surface area (Å²) in [5.41, 5.74) is 10.4. The van der Waals surface area contributed by atoms with Crippen molar-refractivity contribution in [2.24, 2.45) is 11.5 Å². The van der Waals surface area contributed by atoms with Crippen molar-refractivity contribution in [2.45, 2.75) is 50.2 Å². The Balaban J connectivity index is 2.72. The summed E-state index contributed by atoms with van der Waals surface area (Å²) in [6.07, 6.45) is -0.376. The third-order valence-electron chi connectivity index (χ3n) is 4.28. The van der Waals surface area contributed by atoms with Gasteiger partial charge in [0.2, 0.25) is 23.6 Å². The van der Waals surface area contributed by atoms with Crippen LogP contribution in [0.15, 0.2) is 0 Å². The molecule has 0 aromatic rings. The highest BCUT2D eigenvalue weighted by Crippen LogP contribution is 2.19. The van der Waals surface area contributed by atoms with E-state index < -0.39 is 73.1 Å². The molecular formula is C16H25N5O8. The number of rotatable bonds is 11. The van der Waals surface area contributed by atoms with Crippen LogP contribution in [0.1, 0.15) is 32.1 Å². The molecule has 13 nitrogen and oxygen atoms in total. The standard InChI is InChI=1S/C16H25N5O8/c17-8(6-11(18)22)14(26)19-7-12(23)20-9(3-4-13(24)25)15(27)21-5-1-2-10(21)16(28)29/h8-10H,1-7,17H2,(H2,18,22)(H,19,26)(H,20,23)(H,24,25)(H,28,29). The Hall–Kier alpha value is -3.22. The smallest absolute Gasteiger partial charge is 0.326 e. The van der Waals surface area contributed by atoms with E-state index in [2.05, 4.69) is 10.6 Å². The zero-order valence-electron chi connectivity index (χ0n) is 15.6. The summed E-state index contributed by atoms with van der Waals surface area (Å²) in [5.74, 6) is -5.50. The quantitative estimate of drug-likeness (QED) is 0.199. The SMILES string of the molecule is NC(=O)CC(N)C(=O)NCC(=O)NC(CCC(=O)O)C(=O)N1CCCC1C(=O)O. The first kappa shape index (κ1) is 23.8. The van der Waals surface area contributed by atoms with Crippen molar-refractivity contribution in [3.8, 4) is 0 Å². The molecule has 1 saturated heterocycles. The molecule has 1 rings (SSSR count). The predicted octanol–water partition coefficient (Wildman–Crippen LogP) is -3.27. The summed E-state index contributed by atoms with van der Waals surface area (Å²) in [7, 11) is 0. The van der Waals surface area contributed by atoms with E-state index in [4.69, 9.17) is 16.6 Å². The van der Waals surface area contributed by atoms with Crippen molar-refractivity contribution in [1.82, 2.24) is 15.5 Å². The second-order valence-corrected chi connectivity index (χ2v) is 6.58. The molecule has 3 atom stereocenters. The highest BCUT2D eigenvalue weighted by atomic mass is 16.4. The number of nitrogens with zero attached hydrogens (tertiary/aromatic N) is 1. The van der Waals surface area contributed by atoms with Gasteiger partial charge in [-0.05, 0) is 19.3 Å². The molecule has 1 aliphatic heterocycles. The number of nitrogens with one attached hydrogen (secondary N) is 2. The van der Waals surface area contributed by atoms with E-state index in [0.717, 1.165) is 4.90 Å². The lowest BCUT2D eigenvalue weighted by atomic mass is 10.1. The average molecular weight is 415 g/mol. The van der Waals surface area contributed by atoms with Crippen molar-refractivity contribution in [3.05, 3.63) is 0 Å². The highest BCUT2D eigenvalue weighted by molar-refractivity contribution is 5.93. The van der Waals surface area contributed by atoms with Crippen molar-refractivity contribution >= 4 is 35.6 Å². The molecule has 13 heteroatoms. The Morgan fingerprint density at radius 3 is 2.34 bits per heavy atom.